The van der Waals surface area contributed by atoms with Gasteiger partial charge in [-0.1, -0.05) is 6.08 Å². The van der Waals surface area contributed by atoms with Crippen molar-refractivity contribution < 1.29 is 13.9 Å². The Bertz CT molecular complexity index is 1170. The molecule has 1 N–H and O–H groups in total. The van der Waals surface area contributed by atoms with Gasteiger partial charge in [-0.15, -0.1) is 0 Å². The Kier molecular flexibility index (Phi) is 5.86. The number of amides is 1. The predicted molar refractivity (Wildman–Crippen MR) is 131 cm³/mol. The zero-order valence-corrected chi connectivity index (χ0v) is 19.6. The summed E-state index contributed by atoms with van der Waals surface area (Å²) in [6.45, 7) is 9.53. The van der Waals surface area contributed by atoms with Gasteiger partial charge in [-0.25, -0.2) is 9.38 Å². The fourth-order valence-corrected chi connectivity index (χ4v) is 5.08. The average Bonchev–Trinajstić information content (AvgIpc) is 3.08. The van der Waals surface area contributed by atoms with Crippen LogP contribution in [0.4, 0.5) is 15.8 Å². The van der Waals surface area contributed by atoms with Gasteiger partial charge in [0.15, 0.2) is 5.17 Å². The van der Waals surface area contributed by atoms with Gasteiger partial charge < -0.3 is 15.0 Å². The number of anilines is 1. The Morgan fingerprint density at radius 1 is 1.25 bits per heavy atom. The van der Waals surface area contributed by atoms with Crippen molar-refractivity contribution in [1.29, 1.82) is 0 Å². The molecule has 0 bridgehead atoms. The number of methoxy groups -OCH3 is 1. The molecule has 1 saturated heterocycles. The lowest BCUT2D eigenvalue weighted by molar-refractivity contribution is -0.115. The van der Waals surface area contributed by atoms with Crippen LogP contribution in [0, 0.1) is 5.82 Å². The summed E-state index contributed by atoms with van der Waals surface area (Å²) in [6, 6.07) is 9.94. The largest absolute Gasteiger partial charge is 0.496 e. The highest BCUT2D eigenvalue weighted by Crippen LogP contribution is 2.43. The minimum Gasteiger partial charge on any atom is -0.496 e. The van der Waals surface area contributed by atoms with E-state index in [2.05, 4.69) is 61.1 Å². The SMILES string of the molecule is CCN1c2cc(OC)c(/C=C3/SC(=Nc4ccc(F)cc4)NC3=O)cc2C(C)=CC1(C)C. The molecule has 0 spiro atoms. The molecule has 0 aliphatic carbocycles. The highest BCUT2D eigenvalue weighted by Gasteiger charge is 2.31. The van der Waals surface area contributed by atoms with E-state index in [1.807, 2.05) is 6.08 Å². The molecular weight excluding hydrogens is 425 g/mol. The first kappa shape index (κ1) is 22.1. The van der Waals surface area contributed by atoms with Crippen molar-refractivity contribution in [1.82, 2.24) is 5.32 Å². The molecule has 0 aromatic heterocycles. The van der Waals surface area contributed by atoms with E-state index in [0.717, 1.165) is 23.4 Å². The van der Waals surface area contributed by atoms with E-state index in [9.17, 15) is 9.18 Å². The number of fused-ring (bicyclic) bond motifs is 1. The van der Waals surface area contributed by atoms with Crippen molar-refractivity contribution in [3.63, 3.8) is 0 Å². The molecule has 0 saturated carbocycles. The Morgan fingerprint density at radius 2 is 1.97 bits per heavy atom. The van der Waals surface area contributed by atoms with Crippen molar-refractivity contribution in [2.24, 2.45) is 4.99 Å². The van der Waals surface area contributed by atoms with Crippen molar-refractivity contribution in [2.75, 3.05) is 18.6 Å². The van der Waals surface area contributed by atoms with E-state index < -0.39 is 0 Å². The standard InChI is InChI=1S/C25H26FN3O2S/c1-6-29-20-13-21(31-5)16(11-19(20)15(2)14-25(29,3)4)12-22-23(30)28-24(32-22)27-18-9-7-17(26)8-10-18/h7-14H,6H2,1-5H3,(H,27,28,30)/b22-12+. The average molecular weight is 452 g/mol. The van der Waals surface area contributed by atoms with E-state index >= 15 is 0 Å². The Hall–Kier alpha value is -3.06. The summed E-state index contributed by atoms with van der Waals surface area (Å²) in [4.78, 5) is 19.8. The van der Waals surface area contributed by atoms with Crippen LogP contribution >= 0.6 is 11.8 Å². The number of ether oxygens (including phenoxy) is 1. The molecule has 32 heavy (non-hydrogen) atoms. The van der Waals surface area contributed by atoms with Crippen molar-refractivity contribution in [2.45, 2.75) is 33.2 Å². The second kappa shape index (κ2) is 8.47. The number of nitrogens with one attached hydrogen (secondary N) is 1. The van der Waals surface area contributed by atoms with Crippen LogP contribution in [-0.4, -0.2) is 30.3 Å². The Balaban J connectivity index is 1.71. The van der Waals surface area contributed by atoms with Crippen LogP contribution in [0.25, 0.3) is 11.6 Å². The van der Waals surface area contributed by atoms with Gasteiger partial charge in [0, 0.05) is 29.4 Å². The summed E-state index contributed by atoms with van der Waals surface area (Å²) < 4.78 is 18.8. The molecule has 7 heteroatoms. The smallest absolute Gasteiger partial charge is 0.264 e. The first-order valence-electron chi connectivity index (χ1n) is 10.5. The maximum atomic E-state index is 13.1. The van der Waals surface area contributed by atoms with Gasteiger partial charge in [-0.2, -0.15) is 0 Å². The number of benzene rings is 2. The summed E-state index contributed by atoms with van der Waals surface area (Å²) in [6.07, 6.45) is 4.10. The van der Waals surface area contributed by atoms with Crippen LogP contribution in [0.5, 0.6) is 5.75 Å². The van der Waals surface area contributed by atoms with Crippen molar-refractivity contribution in [3.05, 3.63) is 64.3 Å². The summed E-state index contributed by atoms with van der Waals surface area (Å²) in [5, 5.41) is 3.23. The van der Waals surface area contributed by atoms with Gasteiger partial charge in [-0.05, 0) is 81.4 Å². The third kappa shape index (κ3) is 4.17. The number of carbonyl (C=O) groups excluding carboxylic acids is 1. The molecule has 2 aromatic rings. The lowest BCUT2D eigenvalue weighted by atomic mass is 9.87. The first-order valence-corrected chi connectivity index (χ1v) is 11.3. The lowest BCUT2D eigenvalue weighted by Gasteiger charge is -2.43. The van der Waals surface area contributed by atoms with Gasteiger partial charge in [0.25, 0.3) is 5.91 Å². The zero-order chi connectivity index (χ0) is 23.0. The molecular formula is C25H26FN3O2S. The van der Waals surface area contributed by atoms with Gasteiger partial charge >= 0.3 is 0 Å². The lowest BCUT2D eigenvalue weighted by Crippen LogP contribution is -2.44. The molecule has 2 aliphatic heterocycles. The van der Waals surface area contributed by atoms with Gasteiger partial charge in [0.2, 0.25) is 0 Å². The quantitative estimate of drug-likeness (QED) is 0.602. The number of nitrogens with zero attached hydrogens (tertiary/aromatic N) is 2. The van der Waals surface area contributed by atoms with Crippen LogP contribution in [0.2, 0.25) is 0 Å². The molecule has 1 fully saturated rings. The molecule has 0 radical (unpaired) electrons. The summed E-state index contributed by atoms with van der Waals surface area (Å²) in [5.74, 6) is 0.156. The monoisotopic (exact) mass is 451 g/mol. The topological polar surface area (TPSA) is 53.9 Å². The van der Waals surface area contributed by atoms with Crippen LogP contribution in [-0.2, 0) is 4.79 Å². The summed E-state index contributed by atoms with van der Waals surface area (Å²) >= 11 is 1.25. The number of amidine groups is 1. The number of thioether (sulfide) groups is 1. The van der Waals surface area contributed by atoms with Gasteiger partial charge in [0.05, 0.1) is 23.2 Å². The molecule has 0 atom stereocenters. The fourth-order valence-electron chi connectivity index (χ4n) is 4.24. The molecule has 4 rings (SSSR count). The molecule has 2 aromatic carbocycles. The predicted octanol–water partition coefficient (Wildman–Crippen LogP) is 5.75. The number of halogens is 1. The van der Waals surface area contributed by atoms with E-state index in [1.165, 1.54) is 29.5 Å². The van der Waals surface area contributed by atoms with E-state index in [4.69, 9.17) is 4.74 Å². The summed E-state index contributed by atoms with van der Waals surface area (Å²) in [5.41, 5.74) is 4.75. The van der Waals surface area contributed by atoms with Crippen LogP contribution in [0.3, 0.4) is 0 Å². The van der Waals surface area contributed by atoms with Crippen LogP contribution in [0.15, 0.2) is 52.4 Å². The number of likely N-dealkylation sites (N-methyl/N-ethyl adjacent to an activating group) is 1. The highest BCUT2D eigenvalue weighted by atomic mass is 32.2. The van der Waals surface area contributed by atoms with Crippen molar-refractivity contribution in [3.8, 4) is 5.75 Å². The first-order chi connectivity index (χ1) is 15.2. The number of hydrogen-bond donors (Lipinski definition) is 1. The summed E-state index contributed by atoms with van der Waals surface area (Å²) in [7, 11) is 1.64. The van der Waals surface area contributed by atoms with Crippen LogP contribution in [0.1, 0.15) is 38.8 Å². The minimum absolute atomic E-state index is 0.0935. The third-order valence-electron chi connectivity index (χ3n) is 5.64. The Morgan fingerprint density at radius 3 is 2.62 bits per heavy atom. The fraction of sp³-hybridized carbons (Fsp3) is 0.280. The van der Waals surface area contributed by atoms with Crippen LogP contribution < -0.4 is 15.0 Å². The zero-order valence-electron chi connectivity index (χ0n) is 18.8. The molecule has 2 aliphatic rings. The molecule has 5 nitrogen and oxygen atoms in total. The molecule has 1 amide bonds. The number of carbonyl (C=O) groups is 1. The minimum atomic E-state index is -0.327. The second-order valence-electron chi connectivity index (χ2n) is 8.29. The van der Waals surface area contributed by atoms with Crippen molar-refractivity contribution >= 4 is 45.9 Å². The second-order valence-corrected chi connectivity index (χ2v) is 9.33. The number of aliphatic imine (C=N–C) groups is 1. The van der Waals surface area contributed by atoms with Gasteiger partial charge in [0.1, 0.15) is 11.6 Å². The van der Waals surface area contributed by atoms with E-state index in [-0.39, 0.29) is 17.3 Å². The highest BCUT2D eigenvalue weighted by molar-refractivity contribution is 8.18. The number of hydrogen-bond acceptors (Lipinski definition) is 5. The Labute approximate surface area is 192 Å². The maximum absolute atomic E-state index is 13.1. The normalized spacial score (nSPS) is 19.8. The molecule has 166 valence electrons. The number of rotatable bonds is 4. The number of allylic oxidation sites excluding steroid dienone is 1. The third-order valence-corrected chi connectivity index (χ3v) is 6.55. The van der Waals surface area contributed by atoms with E-state index in [0.29, 0.717) is 21.5 Å². The molecule has 0 unspecified atom stereocenters. The van der Waals surface area contributed by atoms with Gasteiger partial charge in [-0.3, -0.25) is 4.79 Å². The maximum Gasteiger partial charge on any atom is 0.264 e. The van der Waals surface area contributed by atoms with E-state index in [1.54, 1.807) is 19.2 Å². The molecule has 2 heterocycles.